The Morgan fingerprint density at radius 3 is 2.25 bits per heavy atom. The maximum atomic E-state index is 12.4. The van der Waals surface area contributed by atoms with E-state index in [0.717, 1.165) is 5.56 Å². The van der Waals surface area contributed by atoms with Crippen molar-refractivity contribution in [1.29, 1.82) is 0 Å². The van der Waals surface area contributed by atoms with E-state index in [1.54, 1.807) is 45.9 Å². The van der Waals surface area contributed by atoms with Crippen molar-refractivity contribution in [1.82, 2.24) is 0 Å². The second kappa shape index (κ2) is 6.76. The molecule has 0 aliphatic heterocycles. The minimum Gasteiger partial charge on any atom is -0.618 e. The van der Waals surface area contributed by atoms with E-state index in [9.17, 15) is 10.0 Å². The molecule has 4 nitrogen and oxygen atoms in total. The third kappa shape index (κ3) is 4.14. The number of pyridine rings is 1. The number of carbonyl (C=O) groups is 1. The summed E-state index contributed by atoms with van der Waals surface area (Å²) in [4.78, 5) is 12.4. The topological polar surface area (TPSA) is 53.2 Å². The van der Waals surface area contributed by atoms with Crippen LogP contribution in [0.2, 0.25) is 0 Å². The van der Waals surface area contributed by atoms with Crippen molar-refractivity contribution in [3.63, 3.8) is 0 Å². The lowest BCUT2D eigenvalue weighted by Gasteiger charge is -2.26. The first-order valence-electron chi connectivity index (χ1n) is 7.73. The minimum atomic E-state index is -1.34. The van der Waals surface area contributed by atoms with Gasteiger partial charge in [-0.1, -0.05) is 24.1 Å². The number of rotatable bonds is 2. The molecule has 0 aliphatic carbocycles. The molecule has 0 bridgehead atoms. The average Bonchev–Trinajstić information content (AvgIpc) is 2.53. The maximum absolute atomic E-state index is 12.4. The Balaban J connectivity index is 2.48. The van der Waals surface area contributed by atoms with E-state index in [0.29, 0.717) is 4.73 Å². The molecule has 0 fully saturated rings. The summed E-state index contributed by atoms with van der Waals surface area (Å²) >= 11 is 0. The van der Waals surface area contributed by atoms with Crippen LogP contribution in [0.4, 0.5) is 0 Å². The molecular formula is C20H21NO3. The van der Waals surface area contributed by atoms with Crippen molar-refractivity contribution in [3.05, 3.63) is 71.2 Å². The van der Waals surface area contributed by atoms with Crippen LogP contribution in [0.5, 0.6) is 0 Å². The van der Waals surface area contributed by atoms with E-state index in [4.69, 9.17) is 4.74 Å². The SMILES string of the molecule is CC(C)(C)C(=O)OC(C)(C#Cc1ccccc1)c1cccc[n+]1[O-]. The number of esters is 1. The molecule has 0 N–H and O–H groups in total. The Morgan fingerprint density at radius 2 is 1.67 bits per heavy atom. The average molecular weight is 323 g/mol. The highest BCUT2D eigenvalue weighted by Gasteiger charge is 2.39. The molecule has 1 heterocycles. The lowest BCUT2D eigenvalue weighted by atomic mass is 9.95. The van der Waals surface area contributed by atoms with E-state index in [1.165, 1.54) is 6.20 Å². The van der Waals surface area contributed by atoms with Crippen LogP contribution in [0.25, 0.3) is 0 Å². The maximum Gasteiger partial charge on any atom is 0.313 e. The molecule has 0 amide bonds. The Hall–Kier alpha value is -2.80. The normalized spacial score (nSPS) is 13.3. The molecule has 2 aromatic rings. The summed E-state index contributed by atoms with van der Waals surface area (Å²) in [6.45, 7) is 6.92. The summed E-state index contributed by atoms with van der Waals surface area (Å²) in [7, 11) is 0. The van der Waals surface area contributed by atoms with Gasteiger partial charge in [-0.3, -0.25) is 4.79 Å². The molecule has 1 atom stereocenters. The second-order valence-electron chi connectivity index (χ2n) is 6.70. The predicted octanol–water partition coefficient (Wildman–Crippen LogP) is 3.18. The molecule has 0 aliphatic rings. The Kier molecular flexibility index (Phi) is 4.94. The van der Waals surface area contributed by atoms with Crippen molar-refractivity contribution in [2.24, 2.45) is 5.41 Å². The third-order valence-corrected chi connectivity index (χ3v) is 3.44. The molecule has 2 rings (SSSR count). The Morgan fingerprint density at radius 1 is 1.04 bits per heavy atom. The van der Waals surface area contributed by atoms with Gasteiger partial charge in [0, 0.05) is 17.7 Å². The Labute approximate surface area is 142 Å². The fourth-order valence-corrected chi connectivity index (χ4v) is 1.99. The van der Waals surface area contributed by atoms with Crippen LogP contribution in [-0.2, 0) is 15.1 Å². The van der Waals surface area contributed by atoms with Crippen molar-refractivity contribution in [3.8, 4) is 11.8 Å². The molecule has 24 heavy (non-hydrogen) atoms. The zero-order valence-corrected chi connectivity index (χ0v) is 14.4. The van der Waals surface area contributed by atoms with Crippen molar-refractivity contribution in [2.75, 3.05) is 0 Å². The number of carbonyl (C=O) groups excluding carboxylic acids is 1. The molecular weight excluding hydrogens is 302 g/mol. The first kappa shape index (κ1) is 17.6. The van der Waals surface area contributed by atoms with E-state index in [2.05, 4.69) is 11.8 Å². The van der Waals surface area contributed by atoms with E-state index < -0.39 is 17.0 Å². The summed E-state index contributed by atoms with van der Waals surface area (Å²) in [5.74, 6) is 5.53. The van der Waals surface area contributed by atoms with Gasteiger partial charge in [0.25, 0.3) is 5.60 Å². The van der Waals surface area contributed by atoms with E-state index in [-0.39, 0.29) is 5.69 Å². The van der Waals surface area contributed by atoms with Crippen LogP contribution in [-0.4, -0.2) is 5.97 Å². The lowest BCUT2D eigenvalue weighted by molar-refractivity contribution is -0.620. The monoisotopic (exact) mass is 323 g/mol. The fourth-order valence-electron chi connectivity index (χ4n) is 1.99. The van der Waals surface area contributed by atoms with Crippen molar-refractivity contribution >= 4 is 5.97 Å². The summed E-state index contributed by atoms with van der Waals surface area (Å²) in [6.07, 6.45) is 1.36. The van der Waals surface area contributed by atoms with Crippen LogP contribution in [0.1, 0.15) is 39.0 Å². The summed E-state index contributed by atoms with van der Waals surface area (Å²) < 4.78 is 6.33. The zero-order valence-electron chi connectivity index (χ0n) is 14.4. The van der Waals surface area contributed by atoms with Crippen LogP contribution in [0.15, 0.2) is 54.7 Å². The molecule has 1 unspecified atom stereocenters. The predicted molar refractivity (Wildman–Crippen MR) is 91.6 cm³/mol. The second-order valence-corrected chi connectivity index (χ2v) is 6.70. The summed E-state index contributed by atoms with van der Waals surface area (Å²) in [5, 5.41) is 12.2. The van der Waals surface area contributed by atoms with Crippen LogP contribution >= 0.6 is 0 Å². The van der Waals surface area contributed by atoms with Gasteiger partial charge in [-0.2, -0.15) is 4.73 Å². The number of benzene rings is 1. The smallest absolute Gasteiger partial charge is 0.313 e. The number of hydrogen-bond donors (Lipinski definition) is 0. The largest absolute Gasteiger partial charge is 0.618 e. The van der Waals surface area contributed by atoms with E-state index in [1.807, 2.05) is 30.3 Å². The first-order chi connectivity index (χ1) is 11.2. The minimum absolute atomic E-state index is 0.269. The van der Waals surface area contributed by atoms with Crippen LogP contribution in [0.3, 0.4) is 0 Å². The van der Waals surface area contributed by atoms with Crippen LogP contribution in [0, 0.1) is 22.5 Å². The standard InChI is InChI=1S/C20H21NO3/c1-19(2,3)18(22)24-20(4,17-12-8-9-15-21(17)23)14-13-16-10-6-5-7-11-16/h5-12,15H,1-4H3. The van der Waals surface area contributed by atoms with Crippen LogP contribution < -0.4 is 4.73 Å². The number of ether oxygens (including phenoxy) is 1. The molecule has 0 spiro atoms. The quantitative estimate of drug-likeness (QED) is 0.369. The Bertz CT molecular complexity index is 782. The molecule has 4 heteroatoms. The van der Waals surface area contributed by atoms with Gasteiger partial charge in [-0.25, -0.2) is 0 Å². The van der Waals surface area contributed by atoms with Gasteiger partial charge in [0.2, 0.25) is 5.69 Å². The van der Waals surface area contributed by atoms with Gasteiger partial charge in [0.15, 0.2) is 6.20 Å². The van der Waals surface area contributed by atoms with Crippen molar-refractivity contribution in [2.45, 2.75) is 33.3 Å². The molecule has 0 saturated carbocycles. The summed E-state index contributed by atoms with van der Waals surface area (Å²) in [6, 6.07) is 14.3. The van der Waals surface area contributed by atoms with Gasteiger partial charge in [-0.15, -0.1) is 0 Å². The van der Waals surface area contributed by atoms with Gasteiger partial charge in [-0.05, 0) is 51.8 Å². The van der Waals surface area contributed by atoms with E-state index >= 15 is 0 Å². The molecule has 124 valence electrons. The highest BCUT2D eigenvalue weighted by atomic mass is 16.6. The molecule has 1 aromatic heterocycles. The van der Waals surface area contributed by atoms with Gasteiger partial charge < -0.3 is 9.94 Å². The number of hydrogen-bond acceptors (Lipinski definition) is 3. The lowest BCUT2D eigenvalue weighted by Crippen LogP contribution is -2.44. The molecule has 0 saturated heterocycles. The van der Waals surface area contributed by atoms with Gasteiger partial charge in [0.05, 0.1) is 5.41 Å². The summed E-state index contributed by atoms with van der Waals surface area (Å²) in [5.41, 5.74) is -0.989. The molecule has 0 radical (unpaired) electrons. The fraction of sp³-hybridized carbons (Fsp3) is 0.300. The zero-order chi connectivity index (χ0) is 17.8. The highest BCUT2D eigenvalue weighted by molar-refractivity contribution is 5.76. The van der Waals surface area contributed by atoms with Crippen molar-refractivity contribution < 1.29 is 14.3 Å². The highest BCUT2D eigenvalue weighted by Crippen LogP contribution is 2.27. The van der Waals surface area contributed by atoms with Gasteiger partial charge >= 0.3 is 5.97 Å². The first-order valence-corrected chi connectivity index (χ1v) is 7.73. The molecule has 1 aromatic carbocycles. The number of nitrogens with zero attached hydrogens (tertiary/aromatic N) is 1. The number of aromatic nitrogens is 1. The van der Waals surface area contributed by atoms with Gasteiger partial charge in [0.1, 0.15) is 0 Å². The third-order valence-electron chi connectivity index (χ3n) is 3.44.